The summed E-state index contributed by atoms with van der Waals surface area (Å²) in [5.41, 5.74) is 8.54. The summed E-state index contributed by atoms with van der Waals surface area (Å²) < 4.78 is 18.5. The molecule has 102 valence electrons. The van der Waals surface area contributed by atoms with Gasteiger partial charge in [0.05, 0.1) is 6.21 Å². The van der Waals surface area contributed by atoms with E-state index < -0.39 is 0 Å². The number of halogens is 1. The molecule has 0 amide bonds. The Hall–Kier alpha value is -2.47. The lowest BCUT2D eigenvalue weighted by atomic mass is 10.2. The minimum Gasteiger partial charge on any atom is -0.457 e. The van der Waals surface area contributed by atoms with Gasteiger partial charge in [-0.25, -0.2) is 4.39 Å². The van der Waals surface area contributed by atoms with Crippen LogP contribution < -0.4 is 15.9 Å². The Morgan fingerprint density at radius 2 is 1.95 bits per heavy atom. The lowest BCUT2D eigenvalue weighted by molar-refractivity contribution is 0.477. The first-order chi connectivity index (χ1) is 9.63. The summed E-state index contributed by atoms with van der Waals surface area (Å²) in [5, 5.41) is 3.94. The lowest BCUT2D eigenvalue weighted by Gasteiger charge is -2.05. The van der Waals surface area contributed by atoms with Crippen molar-refractivity contribution in [1.29, 1.82) is 0 Å². The molecule has 3 N–H and O–H groups in total. The van der Waals surface area contributed by atoms with Crippen LogP contribution >= 0.6 is 12.2 Å². The standard InChI is InChI=1S/C14H12FN3OS/c15-11-2-1-3-13(8-11)19-12-6-4-10(5-7-12)9-17-18-14(16)20/h1-9H,(H3,16,18,20). The first-order valence-electron chi connectivity index (χ1n) is 5.75. The highest BCUT2D eigenvalue weighted by molar-refractivity contribution is 7.80. The predicted molar refractivity (Wildman–Crippen MR) is 80.4 cm³/mol. The van der Waals surface area contributed by atoms with Gasteiger partial charge < -0.3 is 10.5 Å². The van der Waals surface area contributed by atoms with E-state index in [1.54, 1.807) is 42.6 Å². The molecule has 0 aliphatic rings. The van der Waals surface area contributed by atoms with Crippen LogP contribution in [0, 0.1) is 5.82 Å². The molecule has 4 nitrogen and oxygen atoms in total. The summed E-state index contributed by atoms with van der Waals surface area (Å²) >= 11 is 4.62. The first kappa shape index (κ1) is 14.0. The van der Waals surface area contributed by atoms with Crippen molar-refractivity contribution in [2.75, 3.05) is 0 Å². The van der Waals surface area contributed by atoms with Gasteiger partial charge >= 0.3 is 0 Å². The molecular formula is C14H12FN3OS. The maximum absolute atomic E-state index is 13.0. The topological polar surface area (TPSA) is 59.6 Å². The maximum atomic E-state index is 13.0. The fourth-order valence-electron chi connectivity index (χ4n) is 1.46. The van der Waals surface area contributed by atoms with Crippen molar-refractivity contribution >= 4 is 23.5 Å². The molecule has 0 saturated heterocycles. The summed E-state index contributed by atoms with van der Waals surface area (Å²) in [6.45, 7) is 0. The zero-order valence-corrected chi connectivity index (χ0v) is 11.2. The molecule has 0 aliphatic heterocycles. The van der Waals surface area contributed by atoms with Crippen molar-refractivity contribution < 1.29 is 9.13 Å². The minimum atomic E-state index is -0.338. The van der Waals surface area contributed by atoms with Crippen LogP contribution in [0.4, 0.5) is 4.39 Å². The zero-order valence-electron chi connectivity index (χ0n) is 10.4. The molecule has 6 heteroatoms. The van der Waals surface area contributed by atoms with Crippen molar-refractivity contribution in [3.63, 3.8) is 0 Å². The monoisotopic (exact) mass is 289 g/mol. The summed E-state index contributed by atoms with van der Waals surface area (Å²) in [7, 11) is 0. The normalized spacial score (nSPS) is 10.4. The Labute approximate surface area is 121 Å². The summed E-state index contributed by atoms with van der Waals surface area (Å²) in [6, 6.07) is 13.1. The molecule has 0 saturated carbocycles. The molecule has 0 aromatic heterocycles. The smallest absolute Gasteiger partial charge is 0.184 e. The number of hydrogen-bond donors (Lipinski definition) is 2. The number of thiocarbonyl (C=S) groups is 1. The number of hydrogen-bond acceptors (Lipinski definition) is 3. The largest absolute Gasteiger partial charge is 0.457 e. The van der Waals surface area contributed by atoms with Gasteiger partial charge in [0.25, 0.3) is 0 Å². The number of benzene rings is 2. The molecular weight excluding hydrogens is 277 g/mol. The molecule has 0 bridgehead atoms. The van der Waals surface area contributed by atoms with Crippen molar-refractivity contribution in [3.05, 3.63) is 59.9 Å². The molecule has 0 atom stereocenters. The summed E-state index contributed by atoms with van der Waals surface area (Å²) in [4.78, 5) is 0. The van der Waals surface area contributed by atoms with E-state index in [2.05, 4.69) is 22.7 Å². The van der Waals surface area contributed by atoms with Crippen molar-refractivity contribution in [3.8, 4) is 11.5 Å². The van der Waals surface area contributed by atoms with Crippen LogP contribution in [0.15, 0.2) is 53.6 Å². The number of ether oxygens (including phenoxy) is 1. The number of nitrogens with two attached hydrogens (primary N) is 1. The minimum absolute atomic E-state index is 0.104. The van der Waals surface area contributed by atoms with E-state index in [9.17, 15) is 4.39 Å². The molecule has 2 aromatic carbocycles. The Kier molecular flexibility index (Phi) is 4.62. The van der Waals surface area contributed by atoms with Crippen molar-refractivity contribution in [2.24, 2.45) is 10.8 Å². The molecule has 0 unspecified atom stereocenters. The maximum Gasteiger partial charge on any atom is 0.184 e. The zero-order chi connectivity index (χ0) is 14.4. The molecule has 0 aliphatic carbocycles. The molecule has 20 heavy (non-hydrogen) atoms. The van der Waals surface area contributed by atoms with Crippen LogP contribution in [0.25, 0.3) is 0 Å². The van der Waals surface area contributed by atoms with Crippen LogP contribution in [0.1, 0.15) is 5.56 Å². The molecule has 0 radical (unpaired) electrons. The highest BCUT2D eigenvalue weighted by atomic mass is 32.1. The second-order valence-corrected chi connectivity index (χ2v) is 4.30. The number of nitrogens with zero attached hydrogens (tertiary/aromatic N) is 1. The summed E-state index contributed by atoms with van der Waals surface area (Å²) in [6.07, 6.45) is 1.57. The third-order valence-electron chi connectivity index (χ3n) is 2.30. The van der Waals surface area contributed by atoms with Crippen LogP contribution in [0.5, 0.6) is 11.5 Å². The fraction of sp³-hybridized carbons (Fsp3) is 0. The van der Waals surface area contributed by atoms with Gasteiger partial charge in [-0.2, -0.15) is 5.10 Å². The van der Waals surface area contributed by atoms with Crippen LogP contribution in [-0.4, -0.2) is 11.3 Å². The van der Waals surface area contributed by atoms with Gasteiger partial charge in [-0.3, -0.25) is 5.43 Å². The van der Waals surface area contributed by atoms with Gasteiger partial charge in [-0.15, -0.1) is 0 Å². The Morgan fingerprint density at radius 3 is 2.60 bits per heavy atom. The van der Waals surface area contributed by atoms with E-state index in [4.69, 9.17) is 10.5 Å². The van der Waals surface area contributed by atoms with E-state index in [0.717, 1.165) is 5.56 Å². The van der Waals surface area contributed by atoms with Crippen molar-refractivity contribution in [2.45, 2.75) is 0 Å². The van der Waals surface area contributed by atoms with Gasteiger partial charge in [0, 0.05) is 6.07 Å². The highest BCUT2D eigenvalue weighted by Crippen LogP contribution is 2.21. The van der Waals surface area contributed by atoms with E-state index in [1.165, 1.54) is 12.1 Å². The molecule has 0 fully saturated rings. The Bertz CT molecular complexity index is 629. The van der Waals surface area contributed by atoms with E-state index >= 15 is 0 Å². The average molecular weight is 289 g/mol. The third-order valence-corrected chi connectivity index (χ3v) is 2.39. The third kappa shape index (κ3) is 4.33. The van der Waals surface area contributed by atoms with E-state index in [0.29, 0.717) is 11.5 Å². The molecule has 2 aromatic rings. The van der Waals surface area contributed by atoms with Gasteiger partial charge in [-0.1, -0.05) is 6.07 Å². The van der Waals surface area contributed by atoms with Gasteiger partial charge in [0.1, 0.15) is 17.3 Å². The summed E-state index contributed by atoms with van der Waals surface area (Å²) in [5.74, 6) is 0.715. The number of nitrogens with one attached hydrogen (secondary N) is 1. The van der Waals surface area contributed by atoms with Gasteiger partial charge in [0.2, 0.25) is 0 Å². The van der Waals surface area contributed by atoms with Crippen LogP contribution in [0.2, 0.25) is 0 Å². The number of hydrazone groups is 1. The van der Waals surface area contributed by atoms with Crippen LogP contribution in [0.3, 0.4) is 0 Å². The van der Waals surface area contributed by atoms with Gasteiger partial charge in [-0.05, 0) is 54.2 Å². The Morgan fingerprint density at radius 1 is 1.20 bits per heavy atom. The van der Waals surface area contributed by atoms with Crippen molar-refractivity contribution in [1.82, 2.24) is 5.43 Å². The molecule has 0 spiro atoms. The second-order valence-electron chi connectivity index (χ2n) is 3.86. The fourth-order valence-corrected chi connectivity index (χ4v) is 1.51. The Balaban J connectivity index is 2.01. The number of rotatable bonds is 4. The average Bonchev–Trinajstić information content (AvgIpc) is 2.40. The highest BCUT2D eigenvalue weighted by Gasteiger charge is 1.98. The quantitative estimate of drug-likeness (QED) is 0.516. The molecule has 2 rings (SSSR count). The predicted octanol–water partition coefficient (Wildman–Crippen LogP) is 2.79. The SMILES string of the molecule is NC(=S)NN=Cc1ccc(Oc2cccc(F)c2)cc1. The van der Waals surface area contributed by atoms with E-state index in [1.807, 2.05) is 0 Å². The van der Waals surface area contributed by atoms with E-state index in [-0.39, 0.29) is 10.9 Å². The lowest BCUT2D eigenvalue weighted by Crippen LogP contribution is -2.23. The molecule has 0 heterocycles. The first-order valence-corrected chi connectivity index (χ1v) is 6.16. The second kappa shape index (κ2) is 6.63. The van der Waals surface area contributed by atoms with Gasteiger partial charge in [0.15, 0.2) is 5.11 Å². The van der Waals surface area contributed by atoms with Crippen LogP contribution in [-0.2, 0) is 0 Å².